The van der Waals surface area contributed by atoms with E-state index in [4.69, 9.17) is 5.11 Å². The predicted octanol–water partition coefficient (Wildman–Crippen LogP) is 0.452. The molecule has 0 saturated carbocycles. The normalized spacial score (nSPS) is 27.7. The van der Waals surface area contributed by atoms with Crippen LogP contribution in [0.3, 0.4) is 0 Å². The van der Waals surface area contributed by atoms with Crippen molar-refractivity contribution < 1.29 is 14.7 Å². The molecule has 96 valence electrons. The summed E-state index contributed by atoms with van der Waals surface area (Å²) in [5.41, 5.74) is -0.205. The van der Waals surface area contributed by atoms with Crippen LogP contribution < -0.4 is 5.32 Å². The van der Waals surface area contributed by atoms with E-state index in [0.717, 1.165) is 32.4 Å². The summed E-state index contributed by atoms with van der Waals surface area (Å²) in [7, 11) is 0. The molecule has 1 spiro atoms. The first-order chi connectivity index (χ1) is 8.05. The number of likely N-dealkylation sites (tertiary alicyclic amines) is 1. The molecular formula is C12H20N2O3. The van der Waals surface area contributed by atoms with Crippen LogP contribution in [0.15, 0.2) is 0 Å². The molecule has 1 unspecified atom stereocenters. The molecular weight excluding hydrogens is 220 g/mol. The summed E-state index contributed by atoms with van der Waals surface area (Å²) in [5.74, 6) is -0.663. The molecule has 2 aliphatic rings. The molecule has 2 rings (SSSR count). The Morgan fingerprint density at radius 2 is 2.18 bits per heavy atom. The van der Waals surface area contributed by atoms with Crippen LogP contribution in [0.2, 0.25) is 0 Å². The summed E-state index contributed by atoms with van der Waals surface area (Å²) in [6.45, 7) is 4.16. The Morgan fingerprint density at radius 3 is 2.76 bits per heavy atom. The fourth-order valence-corrected chi connectivity index (χ4v) is 3.13. The zero-order chi connectivity index (χ0) is 12.5. The average Bonchev–Trinajstić information content (AvgIpc) is 2.50. The Morgan fingerprint density at radius 1 is 1.53 bits per heavy atom. The minimum Gasteiger partial charge on any atom is -0.481 e. The van der Waals surface area contributed by atoms with Gasteiger partial charge in [0.15, 0.2) is 0 Å². The number of carbonyl (C=O) groups is 2. The van der Waals surface area contributed by atoms with Gasteiger partial charge in [-0.3, -0.25) is 9.59 Å². The summed E-state index contributed by atoms with van der Waals surface area (Å²) < 4.78 is 0. The number of carboxylic acids is 1. The Kier molecular flexibility index (Phi) is 3.38. The second kappa shape index (κ2) is 4.64. The van der Waals surface area contributed by atoms with Gasteiger partial charge in [0.05, 0.1) is 11.8 Å². The average molecular weight is 240 g/mol. The SMILES string of the molecule is CC1CC2(CCNCC2)C(=O)N1CCC(=O)O. The fraction of sp³-hybridized carbons (Fsp3) is 0.833. The number of rotatable bonds is 3. The van der Waals surface area contributed by atoms with Crippen LogP contribution in [0.25, 0.3) is 0 Å². The Labute approximate surface area is 101 Å². The van der Waals surface area contributed by atoms with E-state index in [-0.39, 0.29) is 23.8 Å². The van der Waals surface area contributed by atoms with Gasteiger partial charge in [-0.25, -0.2) is 0 Å². The van der Waals surface area contributed by atoms with Crippen molar-refractivity contribution in [3.05, 3.63) is 0 Å². The molecule has 0 aromatic rings. The molecule has 17 heavy (non-hydrogen) atoms. The third kappa shape index (κ3) is 2.29. The number of carboxylic acid groups (broad SMARTS) is 1. The zero-order valence-electron chi connectivity index (χ0n) is 10.2. The van der Waals surface area contributed by atoms with Gasteiger partial charge >= 0.3 is 5.97 Å². The highest BCUT2D eigenvalue weighted by Crippen LogP contribution is 2.42. The van der Waals surface area contributed by atoms with Crippen LogP contribution in [0, 0.1) is 5.41 Å². The lowest BCUT2D eigenvalue weighted by Gasteiger charge is -2.31. The summed E-state index contributed by atoms with van der Waals surface area (Å²) in [6.07, 6.45) is 2.71. The van der Waals surface area contributed by atoms with Gasteiger partial charge < -0.3 is 15.3 Å². The molecule has 0 aromatic carbocycles. The highest BCUT2D eigenvalue weighted by atomic mass is 16.4. The molecule has 0 radical (unpaired) electrons. The molecule has 0 bridgehead atoms. The Balaban J connectivity index is 2.04. The Bertz CT molecular complexity index is 324. The molecule has 2 N–H and O–H groups in total. The van der Waals surface area contributed by atoms with E-state index in [1.54, 1.807) is 4.90 Å². The van der Waals surface area contributed by atoms with E-state index in [1.165, 1.54) is 0 Å². The third-order valence-electron chi connectivity index (χ3n) is 4.06. The number of nitrogens with one attached hydrogen (secondary N) is 1. The van der Waals surface area contributed by atoms with Crippen LogP contribution in [0.4, 0.5) is 0 Å². The largest absolute Gasteiger partial charge is 0.481 e. The highest BCUT2D eigenvalue weighted by molar-refractivity contribution is 5.86. The van der Waals surface area contributed by atoms with Crippen molar-refractivity contribution in [2.24, 2.45) is 5.41 Å². The van der Waals surface area contributed by atoms with Gasteiger partial charge in [0.25, 0.3) is 0 Å². The van der Waals surface area contributed by atoms with E-state index in [1.807, 2.05) is 6.92 Å². The summed E-state index contributed by atoms with van der Waals surface area (Å²) in [6, 6.07) is 0.181. The van der Waals surface area contributed by atoms with Gasteiger partial charge in [0.2, 0.25) is 5.91 Å². The monoisotopic (exact) mass is 240 g/mol. The van der Waals surface area contributed by atoms with Crippen LogP contribution in [0.1, 0.15) is 32.6 Å². The van der Waals surface area contributed by atoms with Crippen molar-refractivity contribution in [2.75, 3.05) is 19.6 Å². The van der Waals surface area contributed by atoms with Crippen LogP contribution in [-0.4, -0.2) is 47.6 Å². The van der Waals surface area contributed by atoms with Crippen molar-refractivity contribution in [1.82, 2.24) is 10.2 Å². The van der Waals surface area contributed by atoms with Gasteiger partial charge in [-0.2, -0.15) is 0 Å². The highest BCUT2D eigenvalue weighted by Gasteiger charge is 2.49. The minimum absolute atomic E-state index is 0.0460. The number of piperidine rings is 1. The van der Waals surface area contributed by atoms with Crippen molar-refractivity contribution in [1.29, 1.82) is 0 Å². The van der Waals surface area contributed by atoms with E-state index in [9.17, 15) is 9.59 Å². The molecule has 0 aliphatic carbocycles. The van der Waals surface area contributed by atoms with Crippen molar-refractivity contribution >= 4 is 11.9 Å². The van der Waals surface area contributed by atoms with E-state index < -0.39 is 5.97 Å². The van der Waals surface area contributed by atoms with Gasteiger partial charge in [-0.05, 0) is 39.3 Å². The summed E-state index contributed by atoms with van der Waals surface area (Å²) in [5, 5.41) is 12.0. The first-order valence-corrected chi connectivity index (χ1v) is 6.29. The third-order valence-corrected chi connectivity index (χ3v) is 4.06. The lowest BCUT2D eigenvalue weighted by atomic mass is 9.77. The molecule has 2 aliphatic heterocycles. The van der Waals surface area contributed by atoms with Crippen LogP contribution in [0.5, 0.6) is 0 Å². The molecule has 0 aromatic heterocycles. The van der Waals surface area contributed by atoms with E-state index in [0.29, 0.717) is 6.54 Å². The summed E-state index contributed by atoms with van der Waals surface area (Å²) in [4.78, 5) is 24.8. The second-order valence-corrected chi connectivity index (χ2v) is 5.23. The van der Waals surface area contributed by atoms with Crippen LogP contribution >= 0.6 is 0 Å². The topological polar surface area (TPSA) is 69.6 Å². The van der Waals surface area contributed by atoms with Gasteiger partial charge in [-0.1, -0.05) is 0 Å². The van der Waals surface area contributed by atoms with E-state index in [2.05, 4.69) is 5.32 Å². The van der Waals surface area contributed by atoms with E-state index >= 15 is 0 Å². The number of amides is 1. The van der Waals surface area contributed by atoms with Crippen molar-refractivity contribution in [3.8, 4) is 0 Å². The quantitative estimate of drug-likeness (QED) is 0.751. The van der Waals surface area contributed by atoms with Gasteiger partial charge in [0.1, 0.15) is 0 Å². The maximum atomic E-state index is 12.4. The predicted molar refractivity (Wildman–Crippen MR) is 62.6 cm³/mol. The molecule has 2 heterocycles. The number of nitrogens with zero attached hydrogens (tertiary/aromatic N) is 1. The standard InChI is InChI=1S/C12H20N2O3/c1-9-8-12(3-5-13-6-4-12)11(17)14(9)7-2-10(15)16/h9,13H,2-8H2,1H3,(H,15,16). The number of hydrogen-bond donors (Lipinski definition) is 2. The molecule has 2 fully saturated rings. The van der Waals surface area contributed by atoms with Crippen molar-refractivity contribution in [2.45, 2.75) is 38.6 Å². The molecule has 2 saturated heterocycles. The second-order valence-electron chi connectivity index (χ2n) is 5.23. The van der Waals surface area contributed by atoms with Gasteiger partial charge in [-0.15, -0.1) is 0 Å². The minimum atomic E-state index is -0.837. The number of carbonyl (C=O) groups excluding carboxylic acids is 1. The maximum absolute atomic E-state index is 12.4. The number of aliphatic carboxylic acids is 1. The lowest BCUT2D eigenvalue weighted by molar-refractivity contribution is -0.140. The van der Waals surface area contributed by atoms with Crippen molar-refractivity contribution in [3.63, 3.8) is 0 Å². The first-order valence-electron chi connectivity index (χ1n) is 6.29. The first kappa shape index (κ1) is 12.4. The zero-order valence-corrected chi connectivity index (χ0v) is 10.2. The molecule has 1 amide bonds. The molecule has 5 heteroatoms. The smallest absolute Gasteiger partial charge is 0.305 e. The molecule has 5 nitrogen and oxygen atoms in total. The summed E-state index contributed by atoms with van der Waals surface area (Å²) >= 11 is 0. The van der Waals surface area contributed by atoms with Gasteiger partial charge in [0, 0.05) is 12.6 Å². The molecule has 1 atom stereocenters. The lowest BCUT2D eigenvalue weighted by Crippen LogP contribution is -2.43. The van der Waals surface area contributed by atoms with Crippen LogP contribution in [-0.2, 0) is 9.59 Å². The Hall–Kier alpha value is -1.10. The number of hydrogen-bond acceptors (Lipinski definition) is 3. The maximum Gasteiger partial charge on any atom is 0.305 e. The fourth-order valence-electron chi connectivity index (χ4n) is 3.13.